The van der Waals surface area contributed by atoms with Crippen LogP contribution in [0.15, 0.2) is 16.3 Å². The van der Waals surface area contributed by atoms with E-state index in [1.165, 1.54) is 11.3 Å². The Morgan fingerprint density at radius 1 is 1.37 bits per heavy atom. The highest BCUT2D eigenvalue weighted by atomic mass is 32.2. The molecular formula is C12H19NO4S2. The number of rotatable bonds is 6. The van der Waals surface area contributed by atoms with E-state index in [1.54, 1.807) is 6.07 Å². The minimum atomic E-state index is -3.52. The third kappa shape index (κ3) is 4.93. The molecule has 1 heterocycles. The minimum absolute atomic E-state index is 0.0415. The van der Waals surface area contributed by atoms with Crippen molar-refractivity contribution < 1.29 is 18.3 Å². The Bertz CT molecular complexity index is 540. The van der Waals surface area contributed by atoms with Gasteiger partial charge in [-0.2, -0.15) is 0 Å². The molecule has 108 valence electrons. The standard InChI is InChI=1S/C12H19NO4S2/c1-12(2,3)9-6-7-11(18-9)19(16,17)13-8-4-5-10(14)15/h6-7,13H,4-5,8H2,1-3H3,(H,14,15). The van der Waals surface area contributed by atoms with Crippen LogP contribution in [-0.4, -0.2) is 26.0 Å². The smallest absolute Gasteiger partial charge is 0.303 e. The van der Waals surface area contributed by atoms with Gasteiger partial charge in [-0.25, -0.2) is 13.1 Å². The Morgan fingerprint density at radius 2 is 2.00 bits per heavy atom. The highest BCUT2D eigenvalue weighted by Crippen LogP contribution is 2.31. The lowest BCUT2D eigenvalue weighted by atomic mass is 9.95. The molecule has 0 radical (unpaired) electrons. The van der Waals surface area contributed by atoms with Crippen LogP contribution < -0.4 is 4.72 Å². The lowest BCUT2D eigenvalue weighted by Crippen LogP contribution is -2.24. The van der Waals surface area contributed by atoms with Crippen LogP contribution in [-0.2, 0) is 20.2 Å². The second kappa shape index (κ2) is 6.02. The van der Waals surface area contributed by atoms with Gasteiger partial charge in [0.25, 0.3) is 0 Å². The summed E-state index contributed by atoms with van der Waals surface area (Å²) in [5.41, 5.74) is -0.0816. The average molecular weight is 305 g/mol. The van der Waals surface area contributed by atoms with E-state index in [4.69, 9.17) is 5.11 Å². The number of aliphatic carboxylic acids is 1. The zero-order valence-electron chi connectivity index (χ0n) is 11.3. The number of carboxylic acids is 1. The Hall–Kier alpha value is -0.920. The first kappa shape index (κ1) is 16.1. The predicted molar refractivity (Wildman–Crippen MR) is 75.1 cm³/mol. The van der Waals surface area contributed by atoms with Crippen molar-refractivity contribution in [3.8, 4) is 0 Å². The molecule has 0 fully saturated rings. The number of hydrogen-bond donors (Lipinski definition) is 2. The lowest BCUT2D eigenvalue weighted by Gasteiger charge is -2.15. The number of carboxylic acid groups (broad SMARTS) is 1. The lowest BCUT2D eigenvalue weighted by molar-refractivity contribution is -0.137. The van der Waals surface area contributed by atoms with Crippen molar-refractivity contribution in [3.63, 3.8) is 0 Å². The molecule has 5 nitrogen and oxygen atoms in total. The molecule has 0 aliphatic carbocycles. The normalized spacial score (nSPS) is 12.6. The number of sulfonamides is 1. The quantitative estimate of drug-likeness (QED) is 0.789. The number of nitrogens with one attached hydrogen (secondary N) is 1. The third-order valence-electron chi connectivity index (χ3n) is 2.44. The van der Waals surface area contributed by atoms with Crippen LogP contribution in [0.2, 0.25) is 0 Å². The predicted octanol–water partition coefficient (Wildman–Crippen LogP) is 2.19. The molecule has 19 heavy (non-hydrogen) atoms. The zero-order chi connectivity index (χ0) is 14.7. The Balaban J connectivity index is 2.68. The fraction of sp³-hybridized carbons (Fsp3) is 0.583. The first-order chi connectivity index (χ1) is 8.63. The van der Waals surface area contributed by atoms with Gasteiger partial charge in [0, 0.05) is 17.8 Å². The number of hydrogen-bond acceptors (Lipinski definition) is 4. The SMILES string of the molecule is CC(C)(C)c1ccc(S(=O)(=O)NCCCC(=O)O)s1. The van der Waals surface area contributed by atoms with E-state index in [9.17, 15) is 13.2 Å². The van der Waals surface area contributed by atoms with Gasteiger partial charge in [0.2, 0.25) is 10.0 Å². The van der Waals surface area contributed by atoms with E-state index in [0.717, 1.165) is 4.88 Å². The van der Waals surface area contributed by atoms with Crippen molar-refractivity contribution in [3.05, 3.63) is 17.0 Å². The molecule has 0 saturated carbocycles. The molecule has 1 rings (SSSR count). The molecule has 7 heteroatoms. The molecule has 0 saturated heterocycles. The van der Waals surface area contributed by atoms with Crippen LogP contribution >= 0.6 is 11.3 Å². The monoisotopic (exact) mass is 305 g/mol. The summed E-state index contributed by atoms with van der Waals surface area (Å²) in [7, 11) is -3.52. The largest absolute Gasteiger partial charge is 0.481 e. The van der Waals surface area contributed by atoms with E-state index in [2.05, 4.69) is 4.72 Å². The van der Waals surface area contributed by atoms with Crippen LogP contribution in [0.5, 0.6) is 0 Å². The van der Waals surface area contributed by atoms with Gasteiger partial charge in [-0.1, -0.05) is 20.8 Å². The second-order valence-electron chi connectivity index (χ2n) is 5.26. The maximum Gasteiger partial charge on any atom is 0.303 e. The summed E-state index contributed by atoms with van der Waals surface area (Å²) >= 11 is 1.24. The first-order valence-electron chi connectivity index (χ1n) is 5.95. The summed E-state index contributed by atoms with van der Waals surface area (Å²) in [6, 6.07) is 3.40. The molecule has 0 aliphatic heterocycles. The molecule has 1 aromatic heterocycles. The van der Waals surface area contributed by atoms with Crippen molar-refractivity contribution in [2.45, 2.75) is 43.2 Å². The molecule has 0 spiro atoms. The highest BCUT2D eigenvalue weighted by molar-refractivity contribution is 7.91. The Kier molecular flexibility index (Phi) is 5.11. The van der Waals surface area contributed by atoms with Crippen molar-refractivity contribution >= 4 is 27.3 Å². The minimum Gasteiger partial charge on any atom is -0.481 e. The van der Waals surface area contributed by atoms with Gasteiger partial charge in [0.05, 0.1) is 0 Å². The summed E-state index contributed by atoms with van der Waals surface area (Å²) in [6.07, 6.45) is 0.242. The summed E-state index contributed by atoms with van der Waals surface area (Å²) in [4.78, 5) is 11.3. The van der Waals surface area contributed by atoms with Crippen LogP contribution in [0.1, 0.15) is 38.5 Å². The van der Waals surface area contributed by atoms with Gasteiger partial charge in [-0.05, 0) is 24.0 Å². The highest BCUT2D eigenvalue weighted by Gasteiger charge is 2.21. The maximum atomic E-state index is 12.0. The van der Waals surface area contributed by atoms with E-state index in [-0.39, 0.29) is 29.0 Å². The summed E-state index contributed by atoms with van der Waals surface area (Å²) in [5.74, 6) is -0.926. The zero-order valence-corrected chi connectivity index (χ0v) is 12.9. The summed E-state index contributed by atoms with van der Waals surface area (Å²) < 4.78 is 26.6. The van der Waals surface area contributed by atoms with Gasteiger partial charge >= 0.3 is 5.97 Å². The first-order valence-corrected chi connectivity index (χ1v) is 8.25. The van der Waals surface area contributed by atoms with Crippen LogP contribution in [0, 0.1) is 0 Å². The van der Waals surface area contributed by atoms with E-state index < -0.39 is 16.0 Å². The van der Waals surface area contributed by atoms with Gasteiger partial charge < -0.3 is 5.11 Å². The maximum absolute atomic E-state index is 12.0. The van der Waals surface area contributed by atoms with Crippen molar-refractivity contribution in [2.24, 2.45) is 0 Å². The Morgan fingerprint density at radius 3 is 2.47 bits per heavy atom. The van der Waals surface area contributed by atoms with Gasteiger partial charge in [0.15, 0.2) is 0 Å². The fourth-order valence-electron chi connectivity index (χ4n) is 1.38. The molecule has 0 aliphatic rings. The molecule has 0 atom stereocenters. The summed E-state index contributed by atoms with van der Waals surface area (Å²) in [5, 5.41) is 8.48. The molecule has 0 amide bonds. The molecule has 2 N–H and O–H groups in total. The van der Waals surface area contributed by atoms with Gasteiger partial charge in [-0.3, -0.25) is 4.79 Å². The third-order valence-corrected chi connectivity index (χ3v) is 5.91. The summed E-state index contributed by atoms with van der Waals surface area (Å²) in [6.45, 7) is 6.21. The van der Waals surface area contributed by atoms with E-state index >= 15 is 0 Å². The number of thiophene rings is 1. The molecular weight excluding hydrogens is 286 g/mol. The average Bonchev–Trinajstić information content (AvgIpc) is 2.73. The van der Waals surface area contributed by atoms with Crippen molar-refractivity contribution in [1.29, 1.82) is 0 Å². The van der Waals surface area contributed by atoms with Gasteiger partial charge in [-0.15, -0.1) is 11.3 Å². The van der Waals surface area contributed by atoms with Crippen LogP contribution in [0.4, 0.5) is 0 Å². The topological polar surface area (TPSA) is 83.5 Å². The van der Waals surface area contributed by atoms with Crippen molar-refractivity contribution in [2.75, 3.05) is 6.54 Å². The molecule has 0 unspecified atom stereocenters. The van der Waals surface area contributed by atoms with Crippen molar-refractivity contribution in [1.82, 2.24) is 4.72 Å². The second-order valence-corrected chi connectivity index (χ2v) is 8.34. The van der Waals surface area contributed by atoms with Crippen LogP contribution in [0.25, 0.3) is 0 Å². The Labute approximate surface area is 117 Å². The fourth-order valence-corrected chi connectivity index (χ4v) is 3.87. The number of carbonyl (C=O) groups is 1. The molecule has 1 aromatic rings. The van der Waals surface area contributed by atoms with Gasteiger partial charge in [0.1, 0.15) is 4.21 Å². The van der Waals surface area contributed by atoms with E-state index in [1.807, 2.05) is 26.8 Å². The molecule has 0 aromatic carbocycles. The van der Waals surface area contributed by atoms with Crippen LogP contribution in [0.3, 0.4) is 0 Å². The molecule has 0 bridgehead atoms. The van der Waals surface area contributed by atoms with E-state index in [0.29, 0.717) is 0 Å².